The molecule has 0 radical (unpaired) electrons. The van der Waals surface area contributed by atoms with Crippen molar-refractivity contribution in [3.05, 3.63) is 17.0 Å². The van der Waals surface area contributed by atoms with Crippen molar-refractivity contribution in [3.63, 3.8) is 0 Å². The van der Waals surface area contributed by atoms with E-state index < -0.39 is 11.7 Å². The average molecular weight is 333 g/mol. The van der Waals surface area contributed by atoms with Gasteiger partial charge in [0.1, 0.15) is 17.6 Å². The van der Waals surface area contributed by atoms with Crippen LogP contribution in [0.5, 0.6) is 0 Å². The fraction of sp³-hybridized carbons (Fsp3) is 0.583. The van der Waals surface area contributed by atoms with Crippen LogP contribution in [-0.4, -0.2) is 47.2 Å². The fourth-order valence-electron chi connectivity index (χ4n) is 1.96. The lowest BCUT2D eigenvalue weighted by molar-refractivity contribution is -0.136. The molecule has 1 saturated heterocycles. The Hall–Kier alpha value is -1.09. The molecule has 0 aromatic carbocycles. The van der Waals surface area contributed by atoms with Gasteiger partial charge < -0.3 is 15.2 Å². The highest BCUT2D eigenvalue weighted by Crippen LogP contribution is 2.27. The standard InChI is InChI=1S/C12H17ClN4O3S/c1-12(2)19-6-7(20-12)5-17(21-3)9-4-8(10(14)18)15-11(13)16-9/h4,7H,5-6H2,1-3H3,(H2,14,18). The molecular weight excluding hydrogens is 316 g/mol. The maximum atomic E-state index is 11.2. The van der Waals surface area contributed by atoms with Crippen molar-refractivity contribution >= 4 is 35.3 Å². The zero-order valence-electron chi connectivity index (χ0n) is 12.0. The summed E-state index contributed by atoms with van der Waals surface area (Å²) in [6, 6.07) is 1.51. The first-order valence-corrected chi connectivity index (χ1v) is 7.84. The van der Waals surface area contributed by atoms with Gasteiger partial charge in [0.25, 0.3) is 5.91 Å². The molecule has 1 aromatic rings. The van der Waals surface area contributed by atoms with Crippen LogP contribution in [0.3, 0.4) is 0 Å². The zero-order valence-corrected chi connectivity index (χ0v) is 13.6. The molecule has 1 aromatic heterocycles. The molecule has 0 bridgehead atoms. The van der Waals surface area contributed by atoms with Crippen molar-refractivity contribution in [1.82, 2.24) is 9.97 Å². The lowest BCUT2D eigenvalue weighted by Gasteiger charge is -2.24. The number of halogens is 1. The smallest absolute Gasteiger partial charge is 0.267 e. The first-order valence-electron chi connectivity index (χ1n) is 6.28. The molecule has 2 N–H and O–H groups in total. The summed E-state index contributed by atoms with van der Waals surface area (Å²) in [5.74, 6) is -0.732. The summed E-state index contributed by atoms with van der Waals surface area (Å²) in [7, 11) is 0. The molecule has 2 heterocycles. The summed E-state index contributed by atoms with van der Waals surface area (Å²) >= 11 is 7.27. The normalized spacial score (nSPS) is 20.5. The van der Waals surface area contributed by atoms with Gasteiger partial charge in [-0.25, -0.2) is 4.98 Å². The van der Waals surface area contributed by atoms with Crippen LogP contribution >= 0.6 is 23.5 Å². The van der Waals surface area contributed by atoms with Crippen LogP contribution < -0.4 is 10.0 Å². The molecule has 0 spiro atoms. The first kappa shape index (κ1) is 16.3. The van der Waals surface area contributed by atoms with E-state index in [0.717, 1.165) is 0 Å². The quantitative estimate of drug-likeness (QED) is 0.644. The Kier molecular flexibility index (Phi) is 4.92. The van der Waals surface area contributed by atoms with Gasteiger partial charge in [-0.15, -0.1) is 0 Å². The number of amides is 1. The van der Waals surface area contributed by atoms with E-state index in [1.807, 2.05) is 24.4 Å². The van der Waals surface area contributed by atoms with Crippen molar-refractivity contribution in [2.45, 2.75) is 25.7 Å². The predicted octanol–water partition coefficient (Wildman–Crippen LogP) is 1.46. The average Bonchev–Trinajstić information content (AvgIpc) is 2.74. The van der Waals surface area contributed by atoms with Gasteiger partial charge in [-0.3, -0.25) is 9.10 Å². The summed E-state index contributed by atoms with van der Waals surface area (Å²) < 4.78 is 13.2. The monoisotopic (exact) mass is 332 g/mol. The van der Waals surface area contributed by atoms with Crippen LogP contribution in [-0.2, 0) is 9.47 Å². The summed E-state index contributed by atoms with van der Waals surface area (Å²) in [5, 5.41) is -0.0238. The molecule has 1 aliphatic heterocycles. The summed E-state index contributed by atoms with van der Waals surface area (Å²) in [6.07, 6.45) is 1.79. The minimum absolute atomic E-state index is 0.0238. The SMILES string of the molecule is CSN(CC1COC(C)(C)O1)c1cc(C(N)=O)nc(Cl)n1. The molecule has 0 saturated carbocycles. The highest BCUT2D eigenvalue weighted by molar-refractivity contribution is 7.99. The van der Waals surface area contributed by atoms with Gasteiger partial charge in [0, 0.05) is 12.3 Å². The second-order valence-corrected chi connectivity index (χ2v) is 6.08. The molecule has 0 aliphatic carbocycles. The Morgan fingerprint density at radius 2 is 2.33 bits per heavy atom. The molecule has 21 heavy (non-hydrogen) atoms. The van der Waals surface area contributed by atoms with Gasteiger partial charge in [-0.1, -0.05) is 11.9 Å². The highest BCUT2D eigenvalue weighted by Gasteiger charge is 2.34. The van der Waals surface area contributed by atoms with Crippen molar-refractivity contribution in [3.8, 4) is 0 Å². The third-order valence-corrected chi connectivity index (χ3v) is 3.80. The summed E-state index contributed by atoms with van der Waals surface area (Å²) in [4.78, 5) is 19.2. The summed E-state index contributed by atoms with van der Waals surface area (Å²) in [5.41, 5.74) is 5.31. The van der Waals surface area contributed by atoms with Gasteiger partial charge in [-0.2, -0.15) is 4.98 Å². The molecule has 1 fully saturated rings. The van der Waals surface area contributed by atoms with E-state index in [1.54, 1.807) is 0 Å². The predicted molar refractivity (Wildman–Crippen MR) is 81.3 cm³/mol. The molecule has 1 amide bonds. The van der Waals surface area contributed by atoms with E-state index in [1.165, 1.54) is 18.0 Å². The minimum Gasteiger partial charge on any atom is -0.364 e. The van der Waals surface area contributed by atoms with Crippen LogP contribution in [0.15, 0.2) is 6.07 Å². The van der Waals surface area contributed by atoms with E-state index in [0.29, 0.717) is 19.0 Å². The van der Waals surface area contributed by atoms with Gasteiger partial charge in [0.15, 0.2) is 5.79 Å². The Balaban J connectivity index is 2.16. The van der Waals surface area contributed by atoms with Gasteiger partial charge in [0.2, 0.25) is 5.28 Å². The molecule has 1 unspecified atom stereocenters. The number of hydrogen-bond donors (Lipinski definition) is 1. The van der Waals surface area contributed by atoms with Crippen LogP contribution in [0, 0.1) is 0 Å². The lowest BCUT2D eigenvalue weighted by Crippen LogP contribution is -2.31. The first-order chi connectivity index (χ1) is 9.80. The van der Waals surface area contributed by atoms with E-state index in [-0.39, 0.29) is 17.1 Å². The summed E-state index contributed by atoms with van der Waals surface area (Å²) in [6.45, 7) is 4.76. The third-order valence-electron chi connectivity index (χ3n) is 2.85. The van der Waals surface area contributed by atoms with E-state index in [9.17, 15) is 4.79 Å². The van der Waals surface area contributed by atoms with Crippen LogP contribution in [0.4, 0.5) is 5.82 Å². The number of hydrogen-bond acceptors (Lipinski definition) is 7. The second-order valence-electron chi connectivity index (χ2n) is 4.94. The number of ether oxygens (including phenoxy) is 2. The molecule has 9 heteroatoms. The van der Waals surface area contributed by atoms with E-state index in [2.05, 4.69) is 9.97 Å². The zero-order chi connectivity index (χ0) is 15.6. The second kappa shape index (κ2) is 6.35. The number of carbonyl (C=O) groups excluding carboxylic acids is 1. The van der Waals surface area contributed by atoms with Crippen molar-refractivity contribution in [2.75, 3.05) is 23.7 Å². The Morgan fingerprint density at radius 1 is 1.62 bits per heavy atom. The Labute approximate surface area is 132 Å². The number of anilines is 1. The van der Waals surface area contributed by atoms with Crippen molar-refractivity contribution in [2.24, 2.45) is 5.73 Å². The number of carbonyl (C=O) groups is 1. The van der Waals surface area contributed by atoms with Crippen LogP contribution in [0.25, 0.3) is 0 Å². The maximum absolute atomic E-state index is 11.2. The maximum Gasteiger partial charge on any atom is 0.267 e. The molecule has 116 valence electrons. The van der Waals surface area contributed by atoms with Gasteiger partial charge in [0.05, 0.1) is 13.2 Å². The van der Waals surface area contributed by atoms with Gasteiger partial charge in [-0.05, 0) is 25.4 Å². The number of nitrogens with two attached hydrogens (primary N) is 1. The number of aromatic nitrogens is 2. The third kappa shape index (κ3) is 4.19. The molecule has 1 aliphatic rings. The molecule has 1 atom stereocenters. The van der Waals surface area contributed by atoms with Crippen LogP contribution in [0.1, 0.15) is 24.3 Å². The molecular formula is C12H17ClN4O3S. The van der Waals surface area contributed by atoms with Gasteiger partial charge >= 0.3 is 0 Å². The van der Waals surface area contributed by atoms with E-state index in [4.69, 9.17) is 26.8 Å². The number of rotatable bonds is 5. The fourth-order valence-corrected chi connectivity index (χ4v) is 2.73. The Bertz CT molecular complexity index is 543. The number of primary amides is 1. The Morgan fingerprint density at radius 3 is 2.86 bits per heavy atom. The molecule has 2 rings (SSSR count). The van der Waals surface area contributed by atoms with Crippen molar-refractivity contribution < 1.29 is 14.3 Å². The molecule has 7 nitrogen and oxygen atoms in total. The highest BCUT2D eigenvalue weighted by atomic mass is 35.5. The van der Waals surface area contributed by atoms with Crippen molar-refractivity contribution in [1.29, 1.82) is 0 Å². The largest absolute Gasteiger partial charge is 0.364 e. The number of nitrogens with zero attached hydrogens (tertiary/aromatic N) is 3. The van der Waals surface area contributed by atoms with E-state index >= 15 is 0 Å². The topological polar surface area (TPSA) is 90.6 Å². The lowest BCUT2D eigenvalue weighted by atomic mass is 10.3. The van der Waals surface area contributed by atoms with Crippen LogP contribution in [0.2, 0.25) is 5.28 Å². The minimum atomic E-state index is -0.650.